The maximum Gasteiger partial charge on any atom is 0.421 e. The van der Waals surface area contributed by atoms with E-state index in [1.165, 1.54) is 18.2 Å². The summed E-state index contributed by atoms with van der Waals surface area (Å²) in [7, 11) is 0. The summed E-state index contributed by atoms with van der Waals surface area (Å²) in [4.78, 5) is 12.1. The molecule has 0 radical (unpaired) electrons. The van der Waals surface area contributed by atoms with Crippen LogP contribution in [-0.4, -0.2) is 9.78 Å². The molecule has 0 atom stereocenters. The zero-order chi connectivity index (χ0) is 16.8. The fraction of sp³-hybridized carbons (Fsp3) is 0.333. The molecule has 1 fully saturated rings. The lowest BCUT2D eigenvalue weighted by atomic mass is 10.2. The minimum absolute atomic E-state index is 0.0281. The average Bonchev–Trinajstić information content (AvgIpc) is 3.27. The van der Waals surface area contributed by atoms with Crippen LogP contribution >= 0.6 is 15.9 Å². The van der Waals surface area contributed by atoms with E-state index in [9.17, 15) is 22.4 Å². The second-order valence-electron chi connectivity index (χ2n) is 5.45. The Balaban J connectivity index is 2.07. The average molecular weight is 391 g/mol. The number of hydrogen-bond donors (Lipinski definition) is 0. The summed E-state index contributed by atoms with van der Waals surface area (Å²) in [6, 6.07) is 4.62. The van der Waals surface area contributed by atoms with E-state index in [2.05, 4.69) is 21.0 Å². The van der Waals surface area contributed by atoms with Crippen molar-refractivity contribution in [3.05, 3.63) is 61.7 Å². The molecule has 23 heavy (non-hydrogen) atoms. The van der Waals surface area contributed by atoms with Gasteiger partial charge in [0.2, 0.25) is 0 Å². The van der Waals surface area contributed by atoms with Crippen molar-refractivity contribution in [3.8, 4) is 0 Å². The zero-order valence-corrected chi connectivity index (χ0v) is 13.3. The third-order valence-electron chi connectivity index (χ3n) is 3.63. The molecule has 1 heterocycles. The van der Waals surface area contributed by atoms with E-state index in [0.29, 0.717) is 10.0 Å². The molecule has 3 rings (SSSR count). The van der Waals surface area contributed by atoms with Gasteiger partial charge in [-0.2, -0.15) is 18.3 Å². The predicted molar refractivity (Wildman–Crippen MR) is 78.7 cm³/mol. The van der Waals surface area contributed by atoms with Gasteiger partial charge in [-0.15, -0.1) is 0 Å². The Morgan fingerprint density at radius 1 is 1.26 bits per heavy atom. The first-order valence-electron chi connectivity index (χ1n) is 6.89. The highest BCUT2D eigenvalue weighted by molar-refractivity contribution is 9.10. The van der Waals surface area contributed by atoms with Crippen LogP contribution in [0.3, 0.4) is 0 Å². The molecular weight excluding hydrogens is 380 g/mol. The van der Waals surface area contributed by atoms with Crippen LogP contribution < -0.4 is 5.56 Å². The highest BCUT2D eigenvalue weighted by Crippen LogP contribution is 2.40. The zero-order valence-electron chi connectivity index (χ0n) is 11.7. The van der Waals surface area contributed by atoms with E-state index in [-0.39, 0.29) is 18.2 Å². The summed E-state index contributed by atoms with van der Waals surface area (Å²) in [6.07, 6.45) is -3.20. The highest BCUT2D eigenvalue weighted by atomic mass is 79.9. The minimum Gasteiger partial charge on any atom is -0.267 e. The van der Waals surface area contributed by atoms with Crippen molar-refractivity contribution in [1.82, 2.24) is 9.78 Å². The predicted octanol–water partition coefficient (Wildman–Crippen LogP) is 4.09. The van der Waals surface area contributed by atoms with Crippen molar-refractivity contribution < 1.29 is 17.6 Å². The quantitative estimate of drug-likeness (QED) is 0.739. The van der Waals surface area contributed by atoms with Crippen LogP contribution in [0.15, 0.2) is 33.5 Å². The number of halogens is 5. The highest BCUT2D eigenvalue weighted by Gasteiger charge is 2.37. The third-order valence-corrected chi connectivity index (χ3v) is 4.37. The Kier molecular flexibility index (Phi) is 4.03. The van der Waals surface area contributed by atoms with Crippen LogP contribution in [0.25, 0.3) is 0 Å². The van der Waals surface area contributed by atoms with Gasteiger partial charge in [0.05, 0.1) is 12.2 Å². The van der Waals surface area contributed by atoms with Gasteiger partial charge in [-0.1, -0.05) is 22.0 Å². The fourth-order valence-electron chi connectivity index (χ4n) is 2.26. The first-order chi connectivity index (χ1) is 10.8. The normalized spacial score (nSPS) is 15.0. The van der Waals surface area contributed by atoms with Gasteiger partial charge in [0.15, 0.2) is 0 Å². The Morgan fingerprint density at radius 2 is 1.96 bits per heavy atom. The van der Waals surface area contributed by atoms with Crippen LogP contribution in [0.2, 0.25) is 0 Å². The lowest BCUT2D eigenvalue weighted by Crippen LogP contribution is -2.31. The molecule has 3 nitrogen and oxygen atoms in total. The van der Waals surface area contributed by atoms with Gasteiger partial charge in [0.1, 0.15) is 11.4 Å². The van der Waals surface area contributed by atoms with Crippen LogP contribution in [0, 0.1) is 5.82 Å². The molecule has 0 unspecified atom stereocenters. The van der Waals surface area contributed by atoms with Crippen molar-refractivity contribution >= 4 is 15.9 Å². The summed E-state index contributed by atoms with van der Waals surface area (Å²) >= 11 is 3.14. The van der Waals surface area contributed by atoms with Gasteiger partial charge < -0.3 is 0 Å². The van der Waals surface area contributed by atoms with Crippen LogP contribution in [-0.2, 0) is 12.7 Å². The Morgan fingerprint density at radius 3 is 2.52 bits per heavy atom. The Labute approximate surface area is 137 Å². The molecule has 0 spiro atoms. The monoisotopic (exact) mass is 390 g/mol. The van der Waals surface area contributed by atoms with E-state index in [4.69, 9.17) is 0 Å². The number of alkyl halides is 3. The van der Waals surface area contributed by atoms with E-state index in [1.807, 2.05) is 0 Å². The molecule has 1 aliphatic rings. The smallest absolute Gasteiger partial charge is 0.267 e. The van der Waals surface area contributed by atoms with Crippen molar-refractivity contribution in [1.29, 1.82) is 0 Å². The Bertz CT molecular complexity index is 812. The van der Waals surface area contributed by atoms with Crippen LogP contribution in [0.5, 0.6) is 0 Å². The molecular formula is C15H11BrF4N2O. The molecule has 122 valence electrons. The van der Waals surface area contributed by atoms with Gasteiger partial charge in [-0.05, 0) is 36.6 Å². The van der Waals surface area contributed by atoms with E-state index in [1.54, 1.807) is 0 Å². The molecule has 2 aromatic rings. The maximum absolute atomic E-state index is 13.1. The van der Waals surface area contributed by atoms with Gasteiger partial charge >= 0.3 is 6.18 Å². The summed E-state index contributed by atoms with van der Waals surface area (Å²) in [6.45, 7) is -0.163. The van der Waals surface area contributed by atoms with Gasteiger partial charge in [0, 0.05) is 10.4 Å². The van der Waals surface area contributed by atoms with E-state index in [0.717, 1.165) is 23.6 Å². The summed E-state index contributed by atoms with van der Waals surface area (Å²) in [5, 5.41) is 4.06. The number of hydrogen-bond acceptors (Lipinski definition) is 2. The third kappa shape index (κ3) is 3.46. The Hall–Kier alpha value is -1.70. The first kappa shape index (κ1) is 16.2. The molecule has 0 amide bonds. The SMILES string of the molecule is O=c1c(C(F)(F)F)cc(C2CC2)nn1Cc1ccc(F)cc1Br. The first-order valence-corrected chi connectivity index (χ1v) is 7.68. The summed E-state index contributed by atoms with van der Waals surface area (Å²) in [5.74, 6) is -0.511. The van der Waals surface area contributed by atoms with Gasteiger partial charge in [0.25, 0.3) is 5.56 Å². The van der Waals surface area contributed by atoms with E-state index >= 15 is 0 Å². The molecule has 1 aliphatic carbocycles. The topological polar surface area (TPSA) is 34.9 Å². The second-order valence-corrected chi connectivity index (χ2v) is 6.31. The van der Waals surface area contributed by atoms with E-state index < -0.39 is 23.1 Å². The second kappa shape index (κ2) is 5.74. The standard InChI is InChI=1S/C15H11BrF4N2O/c16-12-5-10(17)4-3-9(12)7-22-14(23)11(15(18,19)20)6-13(21-22)8-1-2-8/h3-6,8H,1-2,7H2. The van der Waals surface area contributed by atoms with Gasteiger partial charge in [-0.3, -0.25) is 4.79 Å². The molecule has 0 bridgehead atoms. The van der Waals surface area contributed by atoms with Crippen LogP contribution in [0.4, 0.5) is 17.6 Å². The largest absolute Gasteiger partial charge is 0.421 e. The molecule has 1 aromatic heterocycles. The van der Waals surface area contributed by atoms with Crippen molar-refractivity contribution in [2.45, 2.75) is 31.5 Å². The summed E-state index contributed by atoms with van der Waals surface area (Å²) in [5.41, 5.74) is -1.66. The number of benzene rings is 1. The van der Waals surface area contributed by atoms with Crippen molar-refractivity contribution in [3.63, 3.8) is 0 Å². The number of rotatable bonds is 3. The fourth-order valence-corrected chi connectivity index (χ4v) is 2.74. The van der Waals surface area contributed by atoms with Gasteiger partial charge in [-0.25, -0.2) is 9.07 Å². The van der Waals surface area contributed by atoms with Crippen molar-refractivity contribution in [2.24, 2.45) is 0 Å². The number of nitrogens with zero attached hydrogens (tertiary/aromatic N) is 2. The maximum atomic E-state index is 13.1. The molecule has 8 heteroatoms. The molecule has 0 N–H and O–H groups in total. The lowest BCUT2D eigenvalue weighted by Gasteiger charge is -2.13. The van der Waals surface area contributed by atoms with Crippen molar-refractivity contribution in [2.75, 3.05) is 0 Å². The number of aromatic nitrogens is 2. The molecule has 0 saturated heterocycles. The van der Waals surface area contributed by atoms with Crippen LogP contribution in [0.1, 0.15) is 35.6 Å². The lowest BCUT2D eigenvalue weighted by molar-refractivity contribution is -0.139. The molecule has 1 saturated carbocycles. The molecule has 0 aliphatic heterocycles. The summed E-state index contributed by atoms with van der Waals surface area (Å²) < 4.78 is 53.5. The molecule has 1 aromatic carbocycles. The minimum atomic E-state index is -4.73.